The van der Waals surface area contributed by atoms with Crippen LogP contribution in [0.5, 0.6) is 0 Å². The van der Waals surface area contributed by atoms with Crippen LogP contribution < -0.4 is 5.11 Å². The van der Waals surface area contributed by atoms with Gasteiger partial charge in [-0.2, -0.15) is 0 Å². The number of rotatable bonds is 59. The van der Waals surface area contributed by atoms with Crippen LogP contribution in [-0.2, 0) is 33.3 Å². The first kappa shape index (κ1) is 75.2. The highest BCUT2D eigenvalue weighted by Gasteiger charge is 2.22. The molecule has 0 aromatic rings. The first-order chi connectivity index (χ1) is 38.6. The summed E-state index contributed by atoms with van der Waals surface area (Å²) < 4.78 is 22.7. The molecule has 0 N–H and O–H groups in total. The van der Waals surface area contributed by atoms with Crippen molar-refractivity contribution >= 4 is 17.9 Å². The minimum absolute atomic E-state index is 0.147. The van der Waals surface area contributed by atoms with Gasteiger partial charge in [0.25, 0.3) is 0 Å². The summed E-state index contributed by atoms with van der Waals surface area (Å²) in [5, 5.41) is 11.8. The number of esters is 2. The maximum Gasteiger partial charge on any atom is 0.306 e. The van der Waals surface area contributed by atoms with Gasteiger partial charge in [0, 0.05) is 12.8 Å². The molecule has 2 unspecified atom stereocenters. The van der Waals surface area contributed by atoms with Crippen LogP contribution in [0.15, 0.2) is 97.2 Å². The Morgan fingerprint density at radius 3 is 1.08 bits per heavy atom. The van der Waals surface area contributed by atoms with Crippen molar-refractivity contribution in [1.29, 1.82) is 0 Å². The van der Waals surface area contributed by atoms with Gasteiger partial charge in [0.15, 0.2) is 12.4 Å². The lowest BCUT2D eigenvalue weighted by Gasteiger charge is -2.26. The Bertz CT molecular complexity index is 1620. The molecule has 0 aromatic heterocycles. The summed E-state index contributed by atoms with van der Waals surface area (Å²) >= 11 is 0. The summed E-state index contributed by atoms with van der Waals surface area (Å²) in [5.41, 5.74) is 0. The van der Waals surface area contributed by atoms with Gasteiger partial charge in [0.1, 0.15) is 13.2 Å². The molecular weight excluding hydrogens is 983 g/mol. The third kappa shape index (κ3) is 61.7. The molecular formula is C70H121NO8. The van der Waals surface area contributed by atoms with Gasteiger partial charge in [-0.3, -0.25) is 9.59 Å². The smallest absolute Gasteiger partial charge is 0.306 e. The van der Waals surface area contributed by atoms with Gasteiger partial charge in [0.05, 0.1) is 40.3 Å². The average molecular weight is 1100 g/mol. The number of quaternary nitrogens is 1. The van der Waals surface area contributed by atoms with Gasteiger partial charge in [-0.1, -0.05) is 278 Å². The maximum atomic E-state index is 12.9. The molecule has 9 nitrogen and oxygen atoms in total. The van der Waals surface area contributed by atoms with Crippen LogP contribution in [0.25, 0.3) is 0 Å². The zero-order valence-electron chi connectivity index (χ0n) is 51.7. The molecule has 0 saturated carbocycles. The molecule has 0 rings (SSSR count). The second kappa shape index (κ2) is 60.3. The van der Waals surface area contributed by atoms with Crippen molar-refractivity contribution in [3.8, 4) is 0 Å². The number of aliphatic carboxylic acids is 1. The number of allylic oxidation sites excluding steroid dienone is 16. The largest absolute Gasteiger partial charge is 0.545 e. The molecule has 0 aliphatic heterocycles. The van der Waals surface area contributed by atoms with Crippen molar-refractivity contribution in [2.75, 3.05) is 47.5 Å². The Morgan fingerprint density at radius 2 is 0.722 bits per heavy atom. The number of ether oxygens (including phenoxy) is 4. The van der Waals surface area contributed by atoms with Crippen LogP contribution in [0.2, 0.25) is 0 Å². The van der Waals surface area contributed by atoms with Gasteiger partial charge in [0.2, 0.25) is 0 Å². The molecule has 2 atom stereocenters. The molecule has 0 amide bonds. The number of unbranched alkanes of at least 4 members (excludes halogenated alkanes) is 28. The monoisotopic (exact) mass is 1100 g/mol. The number of nitrogens with zero attached hydrogens (tertiary/aromatic N) is 1. The highest BCUT2D eigenvalue weighted by Crippen LogP contribution is 2.17. The summed E-state index contributed by atoms with van der Waals surface area (Å²) in [5.74, 6) is -2.27. The zero-order valence-corrected chi connectivity index (χ0v) is 51.7. The molecule has 0 fully saturated rings. The van der Waals surface area contributed by atoms with E-state index in [0.29, 0.717) is 23.9 Å². The molecule has 0 heterocycles. The normalized spacial score (nSPS) is 13.4. The van der Waals surface area contributed by atoms with Crippen LogP contribution >= 0.6 is 0 Å². The summed E-state index contributed by atoms with van der Waals surface area (Å²) in [6.45, 7) is 4.65. The molecule has 79 heavy (non-hydrogen) atoms. The highest BCUT2D eigenvalue weighted by atomic mass is 16.7. The second-order valence-electron chi connectivity index (χ2n) is 22.7. The van der Waals surface area contributed by atoms with Crippen molar-refractivity contribution in [3.63, 3.8) is 0 Å². The van der Waals surface area contributed by atoms with Crippen molar-refractivity contribution in [3.05, 3.63) is 97.2 Å². The fourth-order valence-corrected chi connectivity index (χ4v) is 8.91. The van der Waals surface area contributed by atoms with Gasteiger partial charge >= 0.3 is 11.9 Å². The molecule has 0 radical (unpaired) electrons. The second-order valence-corrected chi connectivity index (χ2v) is 22.7. The number of hydrogen-bond acceptors (Lipinski definition) is 8. The Morgan fingerprint density at radius 1 is 0.392 bits per heavy atom. The maximum absolute atomic E-state index is 12.9. The predicted octanol–water partition coefficient (Wildman–Crippen LogP) is 18.4. The zero-order chi connectivity index (χ0) is 57.6. The Balaban J connectivity index is 4.01. The number of carboxylic acid groups (broad SMARTS) is 1. The van der Waals surface area contributed by atoms with E-state index in [4.69, 9.17) is 18.9 Å². The molecule has 454 valence electrons. The van der Waals surface area contributed by atoms with E-state index in [-0.39, 0.29) is 32.2 Å². The first-order valence-corrected chi connectivity index (χ1v) is 32.4. The summed E-state index contributed by atoms with van der Waals surface area (Å²) in [6.07, 6.45) is 79.1. The van der Waals surface area contributed by atoms with E-state index in [2.05, 4.69) is 111 Å². The highest BCUT2D eigenvalue weighted by molar-refractivity contribution is 5.70. The van der Waals surface area contributed by atoms with Gasteiger partial charge in [-0.05, 0) is 77.0 Å². The quantitative estimate of drug-likeness (QED) is 0.0195. The lowest BCUT2D eigenvalue weighted by Crippen LogP contribution is -2.44. The Labute approximate surface area is 486 Å². The molecule has 0 aliphatic rings. The van der Waals surface area contributed by atoms with Crippen LogP contribution in [0, 0.1) is 0 Å². The fourth-order valence-electron chi connectivity index (χ4n) is 8.91. The topological polar surface area (TPSA) is 111 Å². The molecule has 9 heteroatoms. The van der Waals surface area contributed by atoms with Crippen molar-refractivity contribution in [2.45, 2.75) is 283 Å². The first-order valence-electron chi connectivity index (χ1n) is 32.4. The molecule has 0 aliphatic carbocycles. The summed E-state index contributed by atoms with van der Waals surface area (Å²) in [7, 11) is 5.92. The van der Waals surface area contributed by atoms with E-state index < -0.39 is 24.3 Å². The average Bonchev–Trinajstić information content (AvgIpc) is 3.42. The van der Waals surface area contributed by atoms with E-state index in [1.165, 1.54) is 148 Å². The molecule has 0 bridgehead atoms. The lowest BCUT2D eigenvalue weighted by atomic mass is 10.0. The SMILES string of the molecule is CC/C=C\C/C=C\C/C=C\C/C=C\C/C=C\C/C=C\C/C=C\C/C=C\CCCCCCCCCCCCCCCCCCC(=O)OC(COC(=O)CCCCCCCCCCCCCCC)COC(OCC[N+](C)(C)C)C(=O)[O-]. The van der Waals surface area contributed by atoms with E-state index >= 15 is 0 Å². The van der Waals surface area contributed by atoms with E-state index in [9.17, 15) is 19.5 Å². The third-order valence-electron chi connectivity index (χ3n) is 13.8. The van der Waals surface area contributed by atoms with Crippen LogP contribution in [0.4, 0.5) is 0 Å². The summed E-state index contributed by atoms with van der Waals surface area (Å²) in [6, 6.07) is 0. The third-order valence-corrected chi connectivity index (χ3v) is 13.8. The van der Waals surface area contributed by atoms with Crippen LogP contribution in [-0.4, -0.2) is 82.3 Å². The molecule has 0 aromatic carbocycles. The number of hydrogen-bond donors (Lipinski definition) is 0. The Hall–Kier alpha value is -3.79. The van der Waals surface area contributed by atoms with E-state index in [1.54, 1.807) is 0 Å². The van der Waals surface area contributed by atoms with Gasteiger partial charge in [-0.15, -0.1) is 0 Å². The van der Waals surface area contributed by atoms with Crippen LogP contribution in [0.1, 0.15) is 271 Å². The predicted molar refractivity (Wildman–Crippen MR) is 334 cm³/mol. The van der Waals surface area contributed by atoms with Gasteiger partial charge in [-0.25, -0.2) is 0 Å². The van der Waals surface area contributed by atoms with E-state index in [1.807, 2.05) is 21.1 Å². The standard InChI is InChI=1S/C70H121NO8/c1-6-8-10-12-14-16-18-20-21-22-23-24-25-26-27-28-29-30-31-32-33-34-35-36-37-38-39-40-41-42-43-44-45-46-47-49-51-53-55-57-59-61-68(73)79-66(65-78-70(69(74)75)76-63-62-71(3,4)5)64-77-67(72)60-58-56-54-52-50-48-19-17-15-13-11-9-7-2/h8,10,14,16,20-21,23-24,26-27,29-30,32-33,35-36,66,70H,6-7,9,11-13,15,17-19,22,25,28,31,34,37-65H2,1-5H3/b10-8-,16-14-,21-20-,24-23-,27-26-,30-29-,33-32-,36-35-. The van der Waals surface area contributed by atoms with Crippen molar-refractivity contribution < 1.29 is 42.9 Å². The molecule has 0 spiro atoms. The number of carbonyl (C=O) groups excluding carboxylic acids is 3. The van der Waals surface area contributed by atoms with Gasteiger partial charge < -0.3 is 33.3 Å². The minimum Gasteiger partial charge on any atom is -0.545 e. The van der Waals surface area contributed by atoms with Crippen molar-refractivity contribution in [2.24, 2.45) is 0 Å². The number of carboxylic acids is 1. The fraction of sp³-hybridized carbons (Fsp3) is 0.729. The van der Waals surface area contributed by atoms with Crippen molar-refractivity contribution in [1.82, 2.24) is 0 Å². The Kier molecular flexibility index (Phi) is 57.4. The summed E-state index contributed by atoms with van der Waals surface area (Å²) in [4.78, 5) is 37.3. The van der Waals surface area contributed by atoms with E-state index in [0.717, 1.165) is 89.9 Å². The number of likely N-dealkylation sites (N-methyl/N-ethyl adjacent to an activating group) is 1. The number of carbonyl (C=O) groups is 3. The minimum atomic E-state index is -1.62. The lowest BCUT2D eigenvalue weighted by molar-refractivity contribution is -0.870. The molecule has 0 saturated heterocycles. The van der Waals surface area contributed by atoms with Crippen LogP contribution in [0.3, 0.4) is 0 Å².